The quantitative estimate of drug-likeness (QED) is 0.472. The van der Waals surface area contributed by atoms with Crippen molar-refractivity contribution in [2.45, 2.75) is 6.18 Å². The number of amidine groups is 1. The average molecular weight is 449 g/mol. The highest BCUT2D eigenvalue weighted by atomic mass is 32.1. The Kier molecular flexibility index (Phi) is 5.05. The molecule has 0 saturated carbocycles. The van der Waals surface area contributed by atoms with Crippen molar-refractivity contribution in [2.24, 2.45) is 5.73 Å². The SMILES string of the molecule is N=C1c2ccsc2NCN1c1ccc(N(C(N)=O)c2cc(C(F)(F)F)ccc2F)cc1. The number of alkyl halides is 3. The molecule has 2 aromatic carbocycles. The molecule has 11 heteroatoms. The standard InChI is InChI=1S/C20H15F4N5OS/c21-15-6-1-11(20(22,23)24)9-16(15)29(19(26)30)13-4-2-12(3-5-13)28-10-27-18-14(17(28)25)7-8-31-18/h1-9,25,27H,10H2,(H2,26,30). The molecule has 0 atom stereocenters. The van der Waals surface area contributed by atoms with Crippen LogP contribution < -0.4 is 20.9 Å². The van der Waals surface area contributed by atoms with Crippen LogP contribution >= 0.6 is 11.3 Å². The minimum Gasteiger partial charge on any atom is -0.359 e. The number of nitrogens with two attached hydrogens (primary N) is 1. The molecule has 0 radical (unpaired) electrons. The first-order valence-electron chi connectivity index (χ1n) is 8.91. The van der Waals surface area contributed by atoms with Gasteiger partial charge < -0.3 is 16.0 Å². The lowest BCUT2D eigenvalue weighted by Crippen LogP contribution is -2.39. The maximum Gasteiger partial charge on any atom is 0.416 e. The van der Waals surface area contributed by atoms with Crippen LogP contribution in [0.1, 0.15) is 11.1 Å². The van der Waals surface area contributed by atoms with Crippen molar-refractivity contribution >= 4 is 45.3 Å². The smallest absolute Gasteiger partial charge is 0.359 e. The first-order chi connectivity index (χ1) is 14.7. The number of urea groups is 1. The molecule has 0 aliphatic carbocycles. The zero-order valence-electron chi connectivity index (χ0n) is 15.7. The molecule has 3 aromatic rings. The Morgan fingerprint density at radius 2 is 1.87 bits per heavy atom. The molecule has 1 aliphatic rings. The van der Waals surface area contributed by atoms with E-state index in [9.17, 15) is 22.4 Å². The third kappa shape index (κ3) is 3.79. The van der Waals surface area contributed by atoms with Gasteiger partial charge in [0.1, 0.15) is 16.7 Å². The molecule has 4 N–H and O–H groups in total. The monoisotopic (exact) mass is 449 g/mol. The zero-order valence-corrected chi connectivity index (χ0v) is 16.5. The summed E-state index contributed by atoms with van der Waals surface area (Å²) in [7, 11) is 0. The summed E-state index contributed by atoms with van der Waals surface area (Å²) in [4.78, 5) is 14.4. The van der Waals surface area contributed by atoms with Gasteiger partial charge in [-0.05, 0) is 53.9 Å². The fourth-order valence-corrected chi connectivity index (χ4v) is 4.04. The van der Waals surface area contributed by atoms with E-state index >= 15 is 0 Å². The predicted octanol–water partition coefficient (Wildman–Crippen LogP) is 5.34. The van der Waals surface area contributed by atoms with Gasteiger partial charge in [-0.25, -0.2) is 9.18 Å². The first-order valence-corrected chi connectivity index (χ1v) is 9.79. The van der Waals surface area contributed by atoms with Crippen LogP contribution in [0.5, 0.6) is 0 Å². The first kappa shape index (κ1) is 20.7. The molecule has 0 bridgehead atoms. The Morgan fingerprint density at radius 1 is 1.16 bits per heavy atom. The molecule has 4 rings (SSSR count). The summed E-state index contributed by atoms with van der Waals surface area (Å²) in [5.41, 5.74) is 5.08. The van der Waals surface area contributed by atoms with E-state index in [1.165, 1.54) is 23.5 Å². The zero-order chi connectivity index (χ0) is 22.3. The molecule has 1 aromatic heterocycles. The van der Waals surface area contributed by atoms with Gasteiger partial charge in [0.25, 0.3) is 0 Å². The van der Waals surface area contributed by atoms with Gasteiger partial charge in [0.15, 0.2) is 0 Å². The average Bonchev–Trinajstić information content (AvgIpc) is 3.19. The van der Waals surface area contributed by atoms with Gasteiger partial charge >= 0.3 is 12.2 Å². The lowest BCUT2D eigenvalue weighted by Gasteiger charge is -2.30. The molecular weight excluding hydrogens is 434 g/mol. The van der Waals surface area contributed by atoms with Crippen LogP contribution in [0.4, 0.5) is 44.4 Å². The number of benzene rings is 2. The molecule has 160 valence electrons. The second kappa shape index (κ2) is 7.58. The maximum atomic E-state index is 14.3. The molecular formula is C20H15F4N5OS. The van der Waals surface area contributed by atoms with Gasteiger partial charge in [-0.2, -0.15) is 13.2 Å². The molecule has 2 heterocycles. The molecule has 2 amide bonds. The van der Waals surface area contributed by atoms with Crippen molar-refractivity contribution in [3.8, 4) is 0 Å². The number of nitrogens with zero attached hydrogens (tertiary/aromatic N) is 2. The Labute approximate surface area is 178 Å². The summed E-state index contributed by atoms with van der Waals surface area (Å²) in [6, 6.07) is 8.45. The summed E-state index contributed by atoms with van der Waals surface area (Å²) in [6.07, 6.45) is -4.71. The van der Waals surface area contributed by atoms with Crippen LogP contribution in [0.15, 0.2) is 53.9 Å². The predicted molar refractivity (Wildman–Crippen MR) is 112 cm³/mol. The highest BCUT2D eigenvalue weighted by Crippen LogP contribution is 2.36. The summed E-state index contributed by atoms with van der Waals surface area (Å²) in [6.45, 7) is 0.341. The molecule has 6 nitrogen and oxygen atoms in total. The lowest BCUT2D eigenvalue weighted by atomic mass is 10.1. The van der Waals surface area contributed by atoms with Gasteiger partial charge in [-0.3, -0.25) is 10.3 Å². The van der Waals surface area contributed by atoms with E-state index in [0.717, 1.165) is 10.6 Å². The number of rotatable bonds is 3. The highest BCUT2D eigenvalue weighted by molar-refractivity contribution is 7.14. The summed E-state index contributed by atoms with van der Waals surface area (Å²) < 4.78 is 53.5. The maximum absolute atomic E-state index is 14.3. The molecule has 1 aliphatic heterocycles. The van der Waals surface area contributed by atoms with Crippen LogP contribution in [0.2, 0.25) is 0 Å². The van der Waals surface area contributed by atoms with Crippen LogP contribution in [-0.2, 0) is 6.18 Å². The van der Waals surface area contributed by atoms with E-state index in [1.807, 2.05) is 11.4 Å². The van der Waals surface area contributed by atoms with Crippen LogP contribution in [-0.4, -0.2) is 18.5 Å². The number of anilines is 4. The minimum atomic E-state index is -4.71. The third-order valence-corrected chi connectivity index (χ3v) is 5.61. The molecule has 0 fully saturated rings. The number of hydrogen-bond acceptors (Lipinski definition) is 4. The Morgan fingerprint density at radius 3 is 2.52 bits per heavy atom. The van der Waals surface area contributed by atoms with E-state index in [2.05, 4.69) is 5.32 Å². The van der Waals surface area contributed by atoms with E-state index < -0.39 is 29.3 Å². The number of primary amides is 1. The van der Waals surface area contributed by atoms with Crippen molar-refractivity contribution in [1.82, 2.24) is 0 Å². The van der Waals surface area contributed by atoms with Crippen molar-refractivity contribution in [3.05, 3.63) is 70.9 Å². The molecule has 0 spiro atoms. The van der Waals surface area contributed by atoms with Gasteiger partial charge in [-0.1, -0.05) is 0 Å². The number of hydrogen-bond donors (Lipinski definition) is 3. The van der Waals surface area contributed by atoms with Crippen LogP contribution in [0, 0.1) is 11.2 Å². The minimum absolute atomic E-state index is 0.0854. The third-order valence-electron chi connectivity index (χ3n) is 4.74. The number of nitrogens with one attached hydrogen (secondary N) is 2. The van der Waals surface area contributed by atoms with Crippen molar-refractivity contribution in [1.29, 1.82) is 5.41 Å². The van der Waals surface area contributed by atoms with Gasteiger partial charge in [0.05, 0.1) is 29.2 Å². The molecule has 0 saturated heterocycles. The number of carbonyl (C=O) groups is 1. The Balaban J connectivity index is 1.67. The van der Waals surface area contributed by atoms with Gasteiger partial charge in [0, 0.05) is 5.69 Å². The lowest BCUT2D eigenvalue weighted by molar-refractivity contribution is -0.137. The van der Waals surface area contributed by atoms with E-state index in [1.54, 1.807) is 17.0 Å². The number of amides is 2. The van der Waals surface area contributed by atoms with Crippen molar-refractivity contribution in [2.75, 3.05) is 21.8 Å². The largest absolute Gasteiger partial charge is 0.416 e. The number of fused-ring (bicyclic) bond motifs is 1. The Hall–Kier alpha value is -3.60. The van der Waals surface area contributed by atoms with Gasteiger partial charge in [-0.15, -0.1) is 11.3 Å². The normalized spacial score (nSPS) is 13.5. The van der Waals surface area contributed by atoms with E-state index in [0.29, 0.717) is 35.5 Å². The topological polar surface area (TPSA) is 85.5 Å². The van der Waals surface area contributed by atoms with E-state index in [-0.39, 0.29) is 11.5 Å². The van der Waals surface area contributed by atoms with E-state index in [4.69, 9.17) is 11.1 Å². The molecule has 31 heavy (non-hydrogen) atoms. The Bertz CT molecular complexity index is 1160. The van der Waals surface area contributed by atoms with Gasteiger partial charge in [0.2, 0.25) is 0 Å². The van der Waals surface area contributed by atoms with Crippen LogP contribution in [0.25, 0.3) is 0 Å². The second-order valence-electron chi connectivity index (χ2n) is 6.63. The fraction of sp³-hybridized carbons (Fsp3) is 0.100. The summed E-state index contributed by atoms with van der Waals surface area (Å²) in [5.74, 6) is -0.749. The van der Waals surface area contributed by atoms with Crippen LogP contribution in [0.3, 0.4) is 0 Å². The number of thiophene rings is 1. The summed E-state index contributed by atoms with van der Waals surface area (Å²) >= 11 is 1.49. The fourth-order valence-electron chi connectivity index (χ4n) is 3.26. The number of halogens is 4. The second-order valence-corrected chi connectivity index (χ2v) is 7.55. The number of carbonyl (C=O) groups excluding carboxylic acids is 1. The molecule has 0 unspecified atom stereocenters. The van der Waals surface area contributed by atoms with Crippen molar-refractivity contribution in [3.63, 3.8) is 0 Å². The summed E-state index contributed by atoms with van der Waals surface area (Å²) in [5, 5.41) is 14.3. The highest BCUT2D eigenvalue weighted by Gasteiger charge is 2.32. The van der Waals surface area contributed by atoms with Crippen molar-refractivity contribution < 1.29 is 22.4 Å².